The third-order valence-electron chi connectivity index (χ3n) is 6.85. The monoisotopic (exact) mass is 492 g/mol. The van der Waals surface area contributed by atoms with Crippen molar-refractivity contribution in [1.82, 2.24) is 10.2 Å². The van der Waals surface area contributed by atoms with Gasteiger partial charge in [0.1, 0.15) is 18.1 Å². The van der Waals surface area contributed by atoms with Crippen molar-refractivity contribution in [2.75, 3.05) is 23.3 Å². The molecular weight excluding hydrogens is 459 g/mol. The predicted octanol–water partition coefficient (Wildman–Crippen LogP) is 5.17. The molecule has 2 aromatic carbocycles. The van der Waals surface area contributed by atoms with Crippen LogP contribution in [0.4, 0.5) is 20.6 Å². The molecule has 1 unspecified atom stereocenters. The van der Waals surface area contributed by atoms with Crippen molar-refractivity contribution in [2.24, 2.45) is 0 Å². The molecule has 0 aromatic heterocycles. The van der Waals surface area contributed by atoms with Crippen LogP contribution in [0.25, 0.3) is 6.08 Å². The average Bonchev–Trinajstić information content (AvgIpc) is 3.06. The van der Waals surface area contributed by atoms with Crippen molar-refractivity contribution in [3.05, 3.63) is 64.6 Å². The van der Waals surface area contributed by atoms with Gasteiger partial charge in [0, 0.05) is 29.0 Å². The highest BCUT2D eigenvalue weighted by Gasteiger charge is 2.38. The first-order chi connectivity index (χ1) is 17.0. The number of aryl methyl sites for hydroxylation is 1. The topological polar surface area (TPSA) is 81.8 Å². The molecule has 2 aliphatic heterocycles. The Labute approximate surface area is 211 Å². The van der Waals surface area contributed by atoms with E-state index in [1.54, 1.807) is 18.2 Å². The number of halogens is 1. The molecule has 190 valence electrons. The molecule has 2 aliphatic rings. The fraction of sp³-hybridized carbons (Fsp3) is 0.393. The van der Waals surface area contributed by atoms with Crippen LogP contribution in [0.1, 0.15) is 63.1 Å². The Morgan fingerprint density at radius 2 is 1.92 bits per heavy atom. The number of amides is 4. The molecule has 1 saturated heterocycles. The lowest BCUT2D eigenvalue weighted by Gasteiger charge is -2.47. The summed E-state index contributed by atoms with van der Waals surface area (Å²) in [6.45, 7) is 10.9. The van der Waals surface area contributed by atoms with Gasteiger partial charge >= 0.3 is 6.03 Å². The summed E-state index contributed by atoms with van der Waals surface area (Å²) in [5.41, 5.74) is 3.58. The molecule has 1 atom stereocenters. The number of imide groups is 1. The minimum Gasteiger partial charge on any atom is -0.366 e. The lowest BCUT2D eigenvalue weighted by Crippen LogP contribution is -2.48. The van der Waals surface area contributed by atoms with Gasteiger partial charge in [0.25, 0.3) is 5.91 Å². The van der Waals surface area contributed by atoms with E-state index in [2.05, 4.69) is 43.2 Å². The van der Waals surface area contributed by atoms with Crippen LogP contribution >= 0.6 is 0 Å². The number of benzene rings is 2. The average molecular weight is 493 g/mol. The van der Waals surface area contributed by atoms with Gasteiger partial charge in [0.15, 0.2) is 0 Å². The molecule has 2 N–H and O–H groups in total. The Morgan fingerprint density at radius 1 is 1.22 bits per heavy atom. The highest BCUT2D eigenvalue weighted by Crippen LogP contribution is 2.44. The van der Waals surface area contributed by atoms with Gasteiger partial charge in [-0.25, -0.2) is 14.1 Å². The second-order valence-electron chi connectivity index (χ2n) is 10.3. The number of hydrogen-bond donors (Lipinski definition) is 2. The first-order valence-electron chi connectivity index (χ1n) is 12.3. The van der Waals surface area contributed by atoms with Gasteiger partial charge in [-0.1, -0.05) is 31.5 Å². The Morgan fingerprint density at radius 3 is 2.58 bits per heavy atom. The van der Waals surface area contributed by atoms with Crippen LogP contribution < -0.4 is 15.5 Å². The summed E-state index contributed by atoms with van der Waals surface area (Å²) < 4.78 is 15.3. The molecule has 7 nitrogen and oxygen atoms in total. The van der Waals surface area contributed by atoms with Gasteiger partial charge in [-0.3, -0.25) is 9.59 Å². The lowest BCUT2D eigenvalue weighted by molar-refractivity contribution is -0.127. The van der Waals surface area contributed by atoms with E-state index < -0.39 is 30.2 Å². The van der Waals surface area contributed by atoms with E-state index in [1.165, 1.54) is 12.1 Å². The van der Waals surface area contributed by atoms with E-state index in [0.717, 1.165) is 41.1 Å². The quantitative estimate of drug-likeness (QED) is 0.431. The Hall–Kier alpha value is -3.68. The number of anilines is 2. The molecule has 0 saturated carbocycles. The molecule has 0 radical (unpaired) electrons. The summed E-state index contributed by atoms with van der Waals surface area (Å²) in [4.78, 5) is 40.8. The first kappa shape index (κ1) is 25.4. The van der Waals surface area contributed by atoms with Gasteiger partial charge in [-0.05, 0) is 75.4 Å². The van der Waals surface area contributed by atoms with E-state index in [0.29, 0.717) is 5.69 Å². The third kappa shape index (κ3) is 4.98. The third-order valence-corrected chi connectivity index (χ3v) is 6.85. The van der Waals surface area contributed by atoms with E-state index >= 15 is 4.39 Å². The smallest absolute Gasteiger partial charge is 0.329 e. The summed E-state index contributed by atoms with van der Waals surface area (Å²) in [5.74, 6) is -1.43. The van der Waals surface area contributed by atoms with Crippen LogP contribution in [-0.4, -0.2) is 41.4 Å². The van der Waals surface area contributed by atoms with Crippen molar-refractivity contribution in [3.8, 4) is 0 Å². The highest BCUT2D eigenvalue weighted by molar-refractivity contribution is 6.16. The molecule has 0 aliphatic carbocycles. The zero-order valence-electron chi connectivity index (χ0n) is 21.4. The maximum absolute atomic E-state index is 15.3. The van der Waals surface area contributed by atoms with Crippen molar-refractivity contribution in [3.63, 3.8) is 0 Å². The zero-order chi connectivity index (χ0) is 26.2. The van der Waals surface area contributed by atoms with E-state index in [4.69, 9.17) is 0 Å². The second kappa shape index (κ2) is 9.76. The number of carbonyl (C=O) groups is 3. The number of rotatable bonds is 6. The second-order valence-corrected chi connectivity index (χ2v) is 10.3. The van der Waals surface area contributed by atoms with Crippen LogP contribution in [0.3, 0.4) is 0 Å². The number of carbonyl (C=O) groups excluding carboxylic acids is 3. The number of hydrogen-bond acceptors (Lipinski definition) is 4. The summed E-state index contributed by atoms with van der Waals surface area (Å²) in [6.07, 6.45) is 3.21. The van der Waals surface area contributed by atoms with Crippen LogP contribution in [-0.2, 0) is 9.59 Å². The number of urea groups is 1. The molecule has 4 amide bonds. The summed E-state index contributed by atoms with van der Waals surface area (Å²) >= 11 is 0. The van der Waals surface area contributed by atoms with Crippen LogP contribution in [0.2, 0.25) is 0 Å². The number of nitrogens with one attached hydrogen (secondary N) is 2. The van der Waals surface area contributed by atoms with Gasteiger partial charge in [0.05, 0.1) is 0 Å². The molecule has 8 heteroatoms. The van der Waals surface area contributed by atoms with Crippen LogP contribution in [0, 0.1) is 12.7 Å². The SMILES string of the molecule is CCCN1c2cc(F)c(/C=C3/NC(=O)N(CC(=O)Nc4ccc(C)cc4)C3=O)cc2C(C)CC1(C)C. The molecule has 2 heterocycles. The van der Waals surface area contributed by atoms with E-state index in [9.17, 15) is 14.4 Å². The van der Waals surface area contributed by atoms with Crippen molar-refractivity contribution in [2.45, 2.75) is 58.9 Å². The van der Waals surface area contributed by atoms with E-state index in [1.807, 2.05) is 19.1 Å². The van der Waals surface area contributed by atoms with Crippen molar-refractivity contribution < 1.29 is 18.8 Å². The molecule has 36 heavy (non-hydrogen) atoms. The maximum Gasteiger partial charge on any atom is 0.329 e. The molecule has 1 fully saturated rings. The van der Waals surface area contributed by atoms with Crippen molar-refractivity contribution >= 4 is 35.3 Å². The molecular formula is C28H33FN4O3. The van der Waals surface area contributed by atoms with Gasteiger partial charge in [-0.2, -0.15) is 0 Å². The maximum atomic E-state index is 15.3. The summed E-state index contributed by atoms with van der Waals surface area (Å²) in [7, 11) is 0. The lowest BCUT2D eigenvalue weighted by atomic mass is 9.79. The Kier molecular flexibility index (Phi) is 6.89. The molecule has 0 spiro atoms. The normalized spacial score (nSPS) is 19.9. The fourth-order valence-corrected chi connectivity index (χ4v) is 5.13. The van der Waals surface area contributed by atoms with E-state index in [-0.39, 0.29) is 22.7 Å². The number of fused-ring (bicyclic) bond motifs is 1. The minimum absolute atomic E-state index is 0.0591. The highest BCUT2D eigenvalue weighted by atomic mass is 19.1. The minimum atomic E-state index is -0.715. The molecule has 4 rings (SSSR count). The largest absolute Gasteiger partial charge is 0.366 e. The van der Waals surface area contributed by atoms with Crippen LogP contribution in [0.15, 0.2) is 42.1 Å². The predicted molar refractivity (Wildman–Crippen MR) is 139 cm³/mol. The zero-order valence-corrected chi connectivity index (χ0v) is 21.4. The Bertz CT molecular complexity index is 1240. The molecule has 0 bridgehead atoms. The first-order valence-corrected chi connectivity index (χ1v) is 12.3. The standard InChI is InChI=1S/C28H33FN4O3/c1-6-11-33-24-14-22(29)19(12-21(24)18(3)15-28(33,4)5)13-23-26(35)32(27(36)31-23)16-25(34)30-20-9-7-17(2)8-10-20/h7-10,12-14,18H,6,11,15-16H2,1-5H3,(H,30,34)(H,31,36)/b23-13+. The van der Waals surface area contributed by atoms with Crippen LogP contribution in [0.5, 0.6) is 0 Å². The fourth-order valence-electron chi connectivity index (χ4n) is 5.13. The van der Waals surface area contributed by atoms with Gasteiger partial charge in [0.2, 0.25) is 5.91 Å². The van der Waals surface area contributed by atoms with Gasteiger partial charge < -0.3 is 15.5 Å². The molecule has 2 aromatic rings. The number of nitrogens with zero attached hydrogens (tertiary/aromatic N) is 2. The summed E-state index contributed by atoms with van der Waals surface area (Å²) in [5, 5.41) is 5.15. The van der Waals surface area contributed by atoms with Crippen molar-refractivity contribution in [1.29, 1.82) is 0 Å². The Balaban J connectivity index is 1.55. The van der Waals surface area contributed by atoms with Gasteiger partial charge in [-0.15, -0.1) is 0 Å². The summed E-state index contributed by atoms with van der Waals surface area (Å²) in [6, 6.07) is 9.77.